The van der Waals surface area contributed by atoms with Crippen molar-refractivity contribution in [2.75, 3.05) is 13.1 Å². The van der Waals surface area contributed by atoms with E-state index in [0.717, 1.165) is 12.0 Å². The molecule has 1 N–H and O–H groups in total. The molecule has 0 aliphatic carbocycles. The predicted molar refractivity (Wildman–Crippen MR) is 114 cm³/mol. The highest BCUT2D eigenvalue weighted by atomic mass is 19.1. The lowest BCUT2D eigenvalue weighted by atomic mass is 9.70. The van der Waals surface area contributed by atoms with Crippen molar-refractivity contribution in [2.24, 2.45) is 11.3 Å². The molecule has 1 unspecified atom stereocenters. The van der Waals surface area contributed by atoms with Crippen LogP contribution >= 0.6 is 0 Å². The Hall–Kier alpha value is -2.76. The number of likely N-dealkylation sites (tertiary alicyclic amines) is 1. The highest BCUT2D eigenvalue weighted by Gasteiger charge is 2.40. The van der Waals surface area contributed by atoms with Gasteiger partial charge in [-0.1, -0.05) is 39.8 Å². The van der Waals surface area contributed by atoms with Gasteiger partial charge in [0.2, 0.25) is 5.91 Å². The van der Waals surface area contributed by atoms with Crippen LogP contribution in [0.5, 0.6) is 0 Å². The van der Waals surface area contributed by atoms with Crippen LogP contribution in [0.4, 0.5) is 4.39 Å². The second-order valence-corrected chi connectivity index (χ2v) is 9.07. The lowest BCUT2D eigenvalue weighted by Gasteiger charge is -2.45. The molecule has 1 aromatic carbocycles. The van der Waals surface area contributed by atoms with Crippen LogP contribution in [-0.2, 0) is 4.79 Å². The normalized spacial score (nSPS) is 19.4. The molecule has 6 heteroatoms. The van der Waals surface area contributed by atoms with Gasteiger partial charge >= 0.3 is 0 Å². The minimum atomic E-state index is -0.594. The fourth-order valence-electron chi connectivity index (χ4n) is 4.30. The number of carbonyl (C=O) groups is 2. The molecule has 2 aromatic rings. The van der Waals surface area contributed by atoms with Crippen LogP contribution in [-0.4, -0.2) is 40.8 Å². The molecule has 2 amide bonds. The minimum Gasteiger partial charge on any atom is -0.340 e. The number of benzene rings is 1. The van der Waals surface area contributed by atoms with Gasteiger partial charge in [0.1, 0.15) is 11.9 Å². The van der Waals surface area contributed by atoms with Crippen LogP contribution in [0.25, 0.3) is 0 Å². The molecule has 1 aliphatic rings. The second-order valence-electron chi connectivity index (χ2n) is 9.07. The second kappa shape index (κ2) is 8.94. The summed E-state index contributed by atoms with van der Waals surface area (Å²) in [6.45, 7) is 9.35. The minimum absolute atomic E-state index is 0.0405. The first kappa shape index (κ1) is 21.9. The molecule has 160 valence electrons. The Bertz CT molecular complexity index is 881. The fraction of sp³-hybridized carbons (Fsp3) is 0.458. The third kappa shape index (κ3) is 4.86. The van der Waals surface area contributed by atoms with E-state index in [2.05, 4.69) is 24.1 Å². The van der Waals surface area contributed by atoms with Gasteiger partial charge in [0.15, 0.2) is 0 Å². The molecule has 5 nitrogen and oxygen atoms in total. The van der Waals surface area contributed by atoms with Crippen molar-refractivity contribution >= 4 is 11.8 Å². The van der Waals surface area contributed by atoms with E-state index in [-0.39, 0.29) is 34.9 Å². The Morgan fingerprint density at radius 3 is 2.33 bits per heavy atom. The first-order valence-corrected chi connectivity index (χ1v) is 10.4. The molecule has 2 heterocycles. The van der Waals surface area contributed by atoms with E-state index in [1.807, 2.05) is 30.9 Å². The van der Waals surface area contributed by atoms with E-state index in [9.17, 15) is 14.0 Å². The van der Waals surface area contributed by atoms with Crippen LogP contribution in [0.15, 0.2) is 48.8 Å². The summed E-state index contributed by atoms with van der Waals surface area (Å²) in [5, 5.41) is 2.91. The Morgan fingerprint density at radius 1 is 1.13 bits per heavy atom. The van der Waals surface area contributed by atoms with Crippen molar-refractivity contribution in [1.82, 2.24) is 15.2 Å². The largest absolute Gasteiger partial charge is 0.340 e. The number of nitrogens with zero attached hydrogens (tertiary/aromatic N) is 2. The number of piperidine rings is 1. The SMILES string of the molecule is CC(C)[C@@H](NC(=O)c1ccncc1)C(=O)N1CCC(c2ccc(F)cc2)C(C)(C)C1. The van der Waals surface area contributed by atoms with Crippen LogP contribution in [0, 0.1) is 17.2 Å². The smallest absolute Gasteiger partial charge is 0.252 e. The number of rotatable bonds is 5. The van der Waals surface area contributed by atoms with Gasteiger partial charge in [-0.05, 0) is 53.5 Å². The summed E-state index contributed by atoms with van der Waals surface area (Å²) >= 11 is 0. The maximum Gasteiger partial charge on any atom is 0.252 e. The quantitative estimate of drug-likeness (QED) is 0.808. The maximum atomic E-state index is 13.3. The topological polar surface area (TPSA) is 62.3 Å². The van der Waals surface area contributed by atoms with Crippen molar-refractivity contribution in [1.29, 1.82) is 0 Å². The molecule has 1 aromatic heterocycles. The fourth-order valence-corrected chi connectivity index (χ4v) is 4.30. The van der Waals surface area contributed by atoms with Crippen LogP contribution in [0.1, 0.15) is 56.0 Å². The van der Waals surface area contributed by atoms with Crippen molar-refractivity contribution < 1.29 is 14.0 Å². The summed E-state index contributed by atoms with van der Waals surface area (Å²) in [6.07, 6.45) is 3.92. The number of aromatic nitrogens is 1. The maximum absolute atomic E-state index is 13.3. The van der Waals surface area contributed by atoms with E-state index >= 15 is 0 Å². The van der Waals surface area contributed by atoms with Crippen molar-refractivity contribution in [3.8, 4) is 0 Å². The van der Waals surface area contributed by atoms with Gasteiger partial charge in [-0.15, -0.1) is 0 Å². The third-order valence-corrected chi connectivity index (χ3v) is 5.98. The molecule has 1 aliphatic heterocycles. The molecule has 0 saturated carbocycles. The molecular formula is C24H30FN3O2. The number of amides is 2. The van der Waals surface area contributed by atoms with E-state index < -0.39 is 6.04 Å². The molecule has 1 saturated heterocycles. The Kier molecular flexibility index (Phi) is 6.54. The van der Waals surface area contributed by atoms with Crippen molar-refractivity contribution in [3.63, 3.8) is 0 Å². The monoisotopic (exact) mass is 411 g/mol. The Morgan fingerprint density at radius 2 is 1.77 bits per heavy atom. The molecule has 3 rings (SSSR count). The van der Waals surface area contributed by atoms with Gasteiger partial charge in [-0.2, -0.15) is 0 Å². The summed E-state index contributed by atoms with van der Waals surface area (Å²) in [4.78, 5) is 31.7. The first-order chi connectivity index (χ1) is 14.2. The standard InChI is InChI=1S/C24H30FN3O2/c1-16(2)21(27-22(29)18-9-12-26-13-10-18)23(30)28-14-11-20(24(3,4)15-28)17-5-7-19(25)8-6-17/h5-10,12-13,16,20-21H,11,14-15H2,1-4H3,(H,27,29)/t20?,21-/m1/s1. The molecule has 2 atom stereocenters. The number of halogens is 1. The van der Waals surface area contributed by atoms with Gasteiger partial charge in [0.05, 0.1) is 0 Å². The number of carbonyl (C=O) groups excluding carboxylic acids is 2. The Labute approximate surface area is 177 Å². The van der Waals surface area contributed by atoms with E-state index in [0.29, 0.717) is 18.7 Å². The molecule has 30 heavy (non-hydrogen) atoms. The lowest BCUT2D eigenvalue weighted by Crippen LogP contribution is -2.55. The predicted octanol–water partition coefficient (Wildman–Crippen LogP) is 4.02. The molecule has 0 bridgehead atoms. The number of pyridine rings is 1. The third-order valence-electron chi connectivity index (χ3n) is 5.98. The van der Waals surface area contributed by atoms with Gasteiger partial charge in [0.25, 0.3) is 5.91 Å². The number of hydrogen-bond donors (Lipinski definition) is 1. The van der Waals surface area contributed by atoms with Crippen molar-refractivity contribution in [3.05, 3.63) is 65.7 Å². The summed E-state index contributed by atoms with van der Waals surface area (Å²) in [5.74, 6) is -0.371. The summed E-state index contributed by atoms with van der Waals surface area (Å²) in [5.41, 5.74) is 1.42. The van der Waals surface area contributed by atoms with Gasteiger partial charge in [-0.25, -0.2) is 4.39 Å². The first-order valence-electron chi connectivity index (χ1n) is 10.4. The van der Waals surface area contributed by atoms with Crippen LogP contribution in [0.2, 0.25) is 0 Å². The highest BCUT2D eigenvalue weighted by Crippen LogP contribution is 2.42. The van der Waals surface area contributed by atoms with Gasteiger partial charge < -0.3 is 10.2 Å². The van der Waals surface area contributed by atoms with Crippen LogP contribution < -0.4 is 5.32 Å². The summed E-state index contributed by atoms with van der Waals surface area (Å²) in [6, 6.07) is 9.33. The van der Waals surface area contributed by atoms with E-state index in [1.165, 1.54) is 12.1 Å². The summed E-state index contributed by atoms with van der Waals surface area (Å²) < 4.78 is 13.3. The van der Waals surface area contributed by atoms with Gasteiger partial charge in [-0.3, -0.25) is 14.6 Å². The summed E-state index contributed by atoms with van der Waals surface area (Å²) in [7, 11) is 0. The molecular weight excluding hydrogens is 381 g/mol. The lowest BCUT2D eigenvalue weighted by molar-refractivity contribution is -0.137. The number of nitrogens with one attached hydrogen (secondary N) is 1. The zero-order valence-electron chi connectivity index (χ0n) is 18.1. The van der Waals surface area contributed by atoms with Crippen molar-refractivity contribution in [2.45, 2.75) is 46.1 Å². The molecule has 0 radical (unpaired) electrons. The van der Waals surface area contributed by atoms with E-state index in [1.54, 1.807) is 24.5 Å². The average Bonchev–Trinajstić information content (AvgIpc) is 2.72. The number of hydrogen-bond acceptors (Lipinski definition) is 3. The zero-order valence-corrected chi connectivity index (χ0v) is 18.1. The Balaban J connectivity index is 1.72. The van der Waals surface area contributed by atoms with Gasteiger partial charge in [0, 0.05) is 31.0 Å². The molecule has 0 spiro atoms. The highest BCUT2D eigenvalue weighted by molar-refractivity contribution is 5.97. The average molecular weight is 412 g/mol. The van der Waals surface area contributed by atoms with Crippen LogP contribution in [0.3, 0.4) is 0 Å². The zero-order chi connectivity index (χ0) is 21.9. The molecule has 1 fully saturated rings. The van der Waals surface area contributed by atoms with E-state index in [4.69, 9.17) is 0 Å².